The number of aryl methyl sites for hydroxylation is 1. The molecule has 2 atom stereocenters. The molecule has 0 saturated carbocycles. The summed E-state index contributed by atoms with van der Waals surface area (Å²) in [6.45, 7) is 9.90. The van der Waals surface area contributed by atoms with Gasteiger partial charge in [0, 0.05) is 6.54 Å². The number of hydrogen-bond acceptors (Lipinski definition) is 6. The molecular formula is C20H33N3O5. The summed E-state index contributed by atoms with van der Waals surface area (Å²) in [4.78, 5) is 22.6. The molecule has 1 aromatic rings. The lowest BCUT2D eigenvalue weighted by Crippen LogP contribution is -2.43. The van der Waals surface area contributed by atoms with Gasteiger partial charge in [0.15, 0.2) is 6.61 Å². The van der Waals surface area contributed by atoms with Gasteiger partial charge in [0.1, 0.15) is 11.8 Å². The van der Waals surface area contributed by atoms with Gasteiger partial charge >= 0.3 is 5.97 Å². The van der Waals surface area contributed by atoms with Crippen LogP contribution in [0.4, 0.5) is 0 Å². The normalized spacial score (nSPS) is 15.9. The number of amides is 1. The molecule has 6 N–H and O–H groups in total. The Morgan fingerprint density at radius 2 is 2.00 bits per heavy atom. The van der Waals surface area contributed by atoms with Gasteiger partial charge in [-0.05, 0) is 51.4 Å². The lowest BCUT2D eigenvalue weighted by Gasteiger charge is -2.14. The Balaban J connectivity index is 0.000000759. The van der Waals surface area contributed by atoms with Crippen molar-refractivity contribution in [2.75, 3.05) is 26.2 Å². The first-order chi connectivity index (χ1) is 13.4. The van der Waals surface area contributed by atoms with Crippen molar-refractivity contribution in [3.8, 4) is 5.75 Å². The molecule has 8 heteroatoms. The predicted octanol–water partition coefficient (Wildman–Crippen LogP) is 0.825. The van der Waals surface area contributed by atoms with E-state index in [0.717, 1.165) is 25.1 Å². The van der Waals surface area contributed by atoms with E-state index < -0.39 is 17.9 Å². The smallest absolute Gasteiger partial charge is 0.326 e. The Morgan fingerprint density at radius 1 is 1.36 bits per heavy atom. The highest BCUT2D eigenvalue weighted by Crippen LogP contribution is 2.11. The third kappa shape index (κ3) is 12.1. The fourth-order valence-corrected chi connectivity index (χ4v) is 2.24. The lowest BCUT2D eigenvalue weighted by atomic mass is 10.1. The van der Waals surface area contributed by atoms with Gasteiger partial charge in [-0.2, -0.15) is 0 Å². The minimum absolute atomic E-state index is 0.0648. The molecule has 2 rings (SSSR count). The van der Waals surface area contributed by atoms with Crippen molar-refractivity contribution in [3.05, 3.63) is 43.0 Å². The predicted molar refractivity (Wildman–Crippen MR) is 109 cm³/mol. The molecule has 8 nitrogen and oxygen atoms in total. The zero-order valence-corrected chi connectivity index (χ0v) is 16.5. The zero-order chi connectivity index (χ0) is 21.4. The average Bonchev–Trinajstić information content (AvgIpc) is 3.17. The monoisotopic (exact) mass is 395 g/mol. The number of hydrogen-bond donors (Lipinski definition) is 5. The molecule has 158 valence electrons. The second-order valence-corrected chi connectivity index (χ2v) is 6.14. The molecule has 28 heavy (non-hydrogen) atoms. The van der Waals surface area contributed by atoms with E-state index in [2.05, 4.69) is 23.8 Å². The van der Waals surface area contributed by atoms with Gasteiger partial charge in [0.25, 0.3) is 5.91 Å². The number of carbonyl (C=O) groups is 2. The van der Waals surface area contributed by atoms with Gasteiger partial charge < -0.3 is 31.3 Å². The van der Waals surface area contributed by atoms with E-state index in [4.69, 9.17) is 20.7 Å². The van der Waals surface area contributed by atoms with Crippen LogP contribution in [0.2, 0.25) is 0 Å². The van der Waals surface area contributed by atoms with E-state index in [1.165, 1.54) is 0 Å². The molecule has 1 aliphatic heterocycles. The Bertz CT molecular complexity index is 559. The number of aliphatic hydroxyl groups is 1. The standard InChI is InChI=1S/C14H20N2O4.C4H9NO.C2H4/c1-10-4-6-11(7-5-10)20-9-13(17)16-12(14(18)19)3-2-8-15;6-4-1-2-5-3-4;1-2/h4-7,12H,2-3,8-9,15H2,1H3,(H,16,17)(H,18,19);4-6H,1-3H2;1-2H2/t12-;4-;/m01./s1. The van der Waals surface area contributed by atoms with Crippen LogP contribution >= 0.6 is 0 Å². The van der Waals surface area contributed by atoms with Crippen LogP contribution in [0.3, 0.4) is 0 Å². The first-order valence-corrected chi connectivity index (χ1v) is 9.23. The summed E-state index contributed by atoms with van der Waals surface area (Å²) >= 11 is 0. The molecule has 0 unspecified atom stereocenters. The van der Waals surface area contributed by atoms with Gasteiger partial charge in [0.05, 0.1) is 6.10 Å². The van der Waals surface area contributed by atoms with Crippen LogP contribution in [0.15, 0.2) is 37.4 Å². The number of carboxylic acid groups (broad SMARTS) is 1. The van der Waals surface area contributed by atoms with Crippen LogP contribution in [0.1, 0.15) is 24.8 Å². The Kier molecular flexibility index (Phi) is 14.3. The van der Waals surface area contributed by atoms with Crippen LogP contribution in [-0.2, 0) is 9.59 Å². The van der Waals surface area contributed by atoms with E-state index in [0.29, 0.717) is 25.1 Å². The van der Waals surface area contributed by atoms with E-state index in [9.17, 15) is 9.59 Å². The number of carbonyl (C=O) groups excluding carboxylic acids is 1. The molecule has 0 radical (unpaired) electrons. The van der Waals surface area contributed by atoms with Crippen LogP contribution in [-0.4, -0.2) is 60.5 Å². The number of nitrogens with two attached hydrogens (primary N) is 1. The molecule has 1 amide bonds. The molecule has 1 saturated heterocycles. The fraction of sp³-hybridized carbons (Fsp3) is 0.500. The van der Waals surface area contributed by atoms with Crippen LogP contribution in [0.5, 0.6) is 5.75 Å². The Labute approximate surface area is 166 Å². The van der Waals surface area contributed by atoms with Crippen LogP contribution < -0.4 is 21.1 Å². The SMILES string of the molecule is C=C.Cc1ccc(OCC(=O)N[C@@H](CCCN)C(=O)O)cc1.O[C@@H]1CCNC1. The maximum atomic E-state index is 11.6. The highest BCUT2D eigenvalue weighted by atomic mass is 16.5. The van der Waals surface area contributed by atoms with Gasteiger partial charge in [-0.15, -0.1) is 13.2 Å². The number of rotatable bonds is 8. The molecule has 1 aliphatic rings. The largest absolute Gasteiger partial charge is 0.484 e. The fourth-order valence-electron chi connectivity index (χ4n) is 2.24. The minimum Gasteiger partial charge on any atom is -0.484 e. The number of β-amino-alcohol motifs (C(OH)–C–C–N with tert-alkyl or cyclic N) is 1. The molecule has 1 fully saturated rings. The maximum Gasteiger partial charge on any atom is 0.326 e. The minimum atomic E-state index is -1.07. The molecule has 1 heterocycles. The lowest BCUT2D eigenvalue weighted by molar-refractivity contribution is -0.142. The number of aliphatic carboxylic acids is 1. The zero-order valence-electron chi connectivity index (χ0n) is 16.5. The van der Waals surface area contributed by atoms with Gasteiger partial charge in [-0.3, -0.25) is 4.79 Å². The highest BCUT2D eigenvalue weighted by molar-refractivity contribution is 5.84. The van der Waals surface area contributed by atoms with Crippen LogP contribution in [0, 0.1) is 6.92 Å². The van der Waals surface area contributed by atoms with Gasteiger partial charge in [0.2, 0.25) is 0 Å². The summed E-state index contributed by atoms with van der Waals surface area (Å²) in [5.74, 6) is -0.961. The quantitative estimate of drug-likeness (QED) is 0.412. The molecular weight excluding hydrogens is 362 g/mol. The first kappa shape index (κ1) is 25.6. The third-order valence-corrected chi connectivity index (χ3v) is 3.76. The summed E-state index contributed by atoms with van der Waals surface area (Å²) in [7, 11) is 0. The highest BCUT2D eigenvalue weighted by Gasteiger charge is 2.19. The molecule has 0 spiro atoms. The van der Waals surface area contributed by atoms with Crippen molar-refractivity contribution in [3.63, 3.8) is 0 Å². The Hall–Kier alpha value is -2.42. The second-order valence-electron chi connectivity index (χ2n) is 6.14. The Morgan fingerprint density at radius 3 is 2.43 bits per heavy atom. The van der Waals surface area contributed by atoms with Crippen molar-refractivity contribution in [2.45, 2.75) is 38.3 Å². The van der Waals surface area contributed by atoms with Crippen molar-refractivity contribution >= 4 is 11.9 Å². The van der Waals surface area contributed by atoms with E-state index in [1.807, 2.05) is 19.1 Å². The first-order valence-electron chi connectivity index (χ1n) is 9.23. The molecule has 0 aliphatic carbocycles. The van der Waals surface area contributed by atoms with E-state index in [-0.39, 0.29) is 12.7 Å². The third-order valence-electron chi connectivity index (χ3n) is 3.76. The van der Waals surface area contributed by atoms with Crippen molar-refractivity contribution in [1.29, 1.82) is 0 Å². The number of carboxylic acids is 1. The number of aliphatic hydroxyl groups excluding tert-OH is 1. The summed E-state index contributed by atoms with van der Waals surface area (Å²) in [5, 5.41) is 23.1. The van der Waals surface area contributed by atoms with Crippen LogP contribution in [0.25, 0.3) is 0 Å². The van der Waals surface area contributed by atoms with Gasteiger partial charge in [-0.1, -0.05) is 17.7 Å². The second kappa shape index (κ2) is 15.6. The maximum absolute atomic E-state index is 11.6. The number of nitrogens with one attached hydrogen (secondary N) is 2. The molecule has 1 aromatic carbocycles. The van der Waals surface area contributed by atoms with Gasteiger partial charge in [-0.25, -0.2) is 4.79 Å². The van der Waals surface area contributed by atoms with E-state index >= 15 is 0 Å². The number of ether oxygens (including phenoxy) is 1. The number of benzene rings is 1. The summed E-state index contributed by atoms with van der Waals surface area (Å²) < 4.78 is 5.28. The van der Waals surface area contributed by atoms with Crippen molar-refractivity contribution in [2.24, 2.45) is 5.73 Å². The van der Waals surface area contributed by atoms with Crippen molar-refractivity contribution < 1.29 is 24.5 Å². The average molecular weight is 396 g/mol. The summed E-state index contributed by atoms with van der Waals surface area (Å²) in [5.41, 5.74) is 6.42. The molecule has 0 bridgehead atoms. The summed E-state index contributed by atoms with van der Waals surface area (Å²) in [6.07, 6.45) is 1.71. The van der Waals surface area contributed by atoms with E-state index in [1.54, 1.807) is 12.1 Å². The van der Waals surface area contributed by atoms with Crippen molar-refractivity contribution in [1.82, 2.24) is 10.6 Å². The topological polar surface area (TPSA) is 134 Å². The summed E-state index contributed by atoms with van der Waals surface area (Å²) in [6, 6.07) is 6.33. The molecule has 0 aromatic heterocycles.